The number of hydrogen-bond acceptors (Lipinski definition) is 1. The van der Waals surface area contributed by atoms with Crippen LogP contribution in [0.4, 0.5) is 13.2 Å². The van der Waals surface area contributed by atoms with Gasteiger partial charge in [0, 0.05) is 10.2 Å². The summed E-state index contributed by atoms with van der Waals surface area (Å²) in [6.07, 6.45) is -4.32. The lowest BCUT2D eigenvalue weighted by Gasteiger charge is -2.03. The van der Waals surface area contributed by atoms with Gasteiger partial charge in [-0.2, -0.15) is 13.2 Å². The Kier molecular flexibility index (Phi) is 2.88. The Labute approximate surface area is 81.3 Å². The minimum absolute atomic E-state index is 0.193. The van der Waals surface area contributed by atoms with Crippen LogP contribution >= 0.6 is 27.3 Å². The van der Waals surface area contributed by atoms with E-state index in [-0.39, 0.29) is 5.46 Å². The minimum atomic E-state index is -4.32. The van der Waals surface area contributed by atoms with Crippen molar-refractivity contribution in [2.45, 2.75) is 11.5 Å². The van der Waals surface area contributed by atoms with Crippen LogP contribution in [0.5, 0.6) is 0 Å². The largest absolute Gasteiger partial charge is 0.425 e. The molecule has 0 aromatic carbocycles. The zero-order valence-corrected chi connectivity index (χ0v) is 8.18. The second-order valence-electron chi connectivity index (χ2n) is 2.13. The van der Waals surface area contributed by atoms with Crippen molar-refractivity contribution in [2.75, 3.05) is 0 Å². The Bertz CT molecular complexity index is 281. The van der Waals surface area contributed by atoms with Crippen LogP contribution in [0.15, 0.2) is 6.07 Å². The fourth-order valence-corrected chi connectivity index (χ4v) is 2.05. The normalized spacial score (nSPS) is 12.0. The molecule has 0 nitrogen and oxygen atoms in total. The maximum absolute atomic E-state index is 12.1. The van der Waals surface area contributed by atoms with Crippen LogP contribution in [0, 0.1) is 0 Å². The van der Waals surface area contributed by atoms with Crippen molar-refractivity contribution in [2.24, 2.45) is 0 Å². The Balaban J connectivity index is 3.08. The van der Waals surface area contributed by atoms with Gasteiger partial charge in [-0.3, -0.25) is 0 Å². The number of hydrogen-bond donors (Lipinski definition) is 0. The first kappa shape index (κ1) is 10.1. The molecule has 1 rings (SSSR count). The molecule has 0 saturated carbocycles. The smallest absolute Gasteiger partial charge is 0.165 e. The van der Waals surface area contributed by atoms with E-state index in [1.54, 1.807) is 0 Å². The lowest BCUT2D eigenvalue weighted by molar-refractivity contribution is -0.133. The fraction of sp³-hybridized carbons (Fsp3) is 0.333. The van der Waals surface area contributed by atoms with Crippen LogP contribution in [-0.2, 0) is 11.5 Å². The van der Waals surface area contributed by atoms with Gasteiger partial charge in [0.05, 0.1) is 0 Å². The molecule has 0 aliphatic carbocycles. The summed E-state index contributed by atoms with van der Waals surface area (Å²) >= 11 is 3.73. The van der Waals surface area contributed by atoms with Crippen molar-refractivity contribution in [3.8, 4) is 0 Å². The first-order valence-electron chi connectivity index (χ1n) is 2.96. The topological polar surface area (TPSA) is 0 Å². The number of alkyl halides is 4. The molecule has 0 unspecified atom stereocenters. The van der Waals surface area contributed by atoms with Gasteiger partial charge in [0.25, 0.3) is 0 Å². The molecule has 0 saturated heterocycles. The van der Waals surface area contributed by atoms with E-state index in [1.165, 1.54) is 6.07 Å². The lowest BCUT2D eigenvalue weighted by Crippen LogP contribution is -2.14. The third kappa shape index (κ3) is 2.04. The molecule has 1 heterocycles. The molecule has 0 bridgehead atoms. The summed E-state index contributed by atoms with van der Waals surface area (Å²) in [6.45, 7) is 0. The van der Waals surface area contributed by atoms with Crippen molar-refractivity contribution in [3.05, 3.63) is 15.8 Å². The average molecular weight is 255 g/mol. The van der Waals surface area contributed by atoms with Crippen molar-refractivity contribution in [1.82, 2.24) is 0 Å². The quantitative estimate of drug-likeness (QED) is 0.534. The number of thiophene rings is 1. The van der Waals surface area contributed by atoms with Gasteiger partial charge in [0.1, 0.15) is 12.7 Å². The van der Waals surface area contributed by atoms with Gasteiger partial charge in [-0.1, -0.05) is 27.5 Å². The highest BCUT2D eigenvalue weighted by Crippen LogP contribution is 2.33. The van der Waals surface area contributed by atoms with Crippen LogP contribution in [0.25, 0.3) is 0 Å². The molecule has 12 heavy (non-hydrogen) atoms. The highest BCUT2D eigenvalue weighted by molar-refractivity contribution is 9.08. The third-order valence-electron chi connectivity index (χ3n) is 1.20. The van der Waals surface area contributed by atoms with E-state index in [0.717, 1.165) is 0 Å². The molecule has 0 atom stereocenters. The van der Waals surface area contributed by atoms with Crippen LogP contribution in [0.1, 0.15) is 9.75 Å². The van der Waals surface area contributed by atoms with Crippen molar-refractivity contribution in [1.29, 1.82) is 0 Å². The molecule has 0 aliphatic heterocycles. The third-order valence-corrected chi connectivity index (χ3v) is 3.37. The molecule has 0 fully saturated rings. The lowest BCUT2D eigenvalue weighted by atomic mass is 9.96. The minimum Gasteiger partial charge on any atom is -0.165 e. The van der Waals surface area contributed by atoms with Gasteiger partial charge in [-0.05, 0) is 0 Å². The van der Waals surface area contributed by atoms with Crippen LogP contribution in [0.3, 0.4) is 0 Å². The Morgan fingerprint density at radius 2 is 2.08 bits per heavy atom. The predicted octanol–water partition coefficient (Wildman–Crippen LogP) is 2.46. The molecule has 2 radical (unpaired) electrons. The Morgan fingerprint density at radius 1 is 1.50 bits per heavy atom. The second kappa shape index (κ2) is 3.42. The van der Waals surface area contributed by atoms with Crippen molar-refractivity contribution >= 4 is 40.6 Å². The van der Waals surface area contributed by atoms with Crippen LogP contribution in [0.2, 0.25) is 0 Å². The molecule has 0 N–H and O–H groups in total. The van der Waals surface area contributed by atoms with E-state index >= 15 is 0 Å². The van der Waals surface area contributed by atoms with Crippen molar-refractivity contribution < 1.29 is 13.2 Å². The molecular formula is C6H3BBrF3S. The van der Waals surface area contributed by atoms with Crippen molar-refractivity contribution in [3.63, 3.8) is 0 Å². The molecule has 64 valence electrons. The monoisotopic (exact) mass is 254 g/mol. The molecule has 0 amide bonds. The Hall–Kier alpha value is 0.0349. The number of halogens is 4. The summed E-state index contributed by atoms with van der Waals surface area (Å²) in [7, 11) is 5.17. The van der Waals surface area contributed by atoms with Gasteiger partial charge >= 0.3 is 6.18 Å². The zero-order valence-electron chi connectivity index (χ0n) is 5.78. The first-order valence-corrected chi connectivity index (χ1v) is 4.90. The summed E-state index contributed by atoms with van der Waals surface area (Å²) in [5.41, 5.74) is -0.193. The van der Waals surface area contributed by atoms with E-state index in [1.807, 2.05) is 0 Å². The van der Waals surface area contributed by atoms with Gasteiger partial charge < -0.3 is 0 Å². The average Bonchev–Trinajstić information content (AvgIpc) is 2.29. The van der Waals surface area contributed by atoms with Gasteiger partial charge in [-0.15, -0.1) is 11.3 Å². The summed E-state index contributed by atoms with van der Waals surface area (Å²) in [4.78, 5) is -0.128. The summed E-state index contributed by atoms with van der Waals surface area (Å²) in [5.74, 6) is 0. The van der Waals surface area contributed by atoms with E-state index in [2.05, 4.69) is 15.9 Å². The second-order valence-corrected chi connectivity index (χ2v) is 3.83. The molecule has 1 aromatic rings. The fourth-order valence-electron chi connectivity index (χ4n) is 0.746. The van der Waals surface area contributed by atoms with Gasteiger partial charge in [0.2, 0.25) is 0 Å². The summed E-state index contributed by atoms with van der Waals surface area (Å²) in [6, 6.07) is 1.34. The summed E-state index contributed by atoms with van der Waals surface area (Å²) in [5, 5.41) is 0.401. The zero-order chi connectivity index (χ0) is 9.35. The molecular weight excluding hydrogens is 252 g/mol. The SMILES string of the molecule is [B]c1cc(CBr)sc1C(F)(F)F. The van der Waals surface area contributed by atoms with Gasteiger partial charge in [0.15, 0.2) is 0 Å². The summed E-state index contributed by atoms with van der Waals surface area (Å²) < 4.78 is 36.3. The Morgan fingerprint density at radius 3 is 2.33 bits per heavy atom. The van der Waals surface area contributed by atoms with E-state index in [9.17, 15) is 13.2 Å². The molecule has 1 aromatic heterocycles. The highest BCUT2D eigenvalue weighted by atomic mass is 79.9. The maximum atomic E-state index is 12.1. The standard InChI is InChI=1S/C6H3BBrF3S/c7-4-1-3(2-8)12-5(4)6(9,10)11/h1H,2H2. The van der Waals surface area contributed by atoms with Gasteiger partial charge in [-0.25, -0.2) is 0 Å². The predicted molar refractivity (Wildman–Crippen MR) is 47.3 cm³/mol. The molecule has 0 aliphatic rings. The van der Waals surface area contributed by atoms with E-state index in [4.69, 9.17) is 7.85 Å². The van der Waals surface area contributed by atoms with E-state index in [0.29, 0.717) is 21.5 Å². The van der Waals surface area contributed by atoms with Crippen LogP contribution < -0.4 is 5.46 Å². The molecule has 6 heteroatoms. The maximum Gasteiger partial charge on any atom is 0.425 e. The van der Waals surface area contributed by atoms with Crippen LogP contribution in [-0.4, -0.2) is 7.85 Å². The van der Waals surface area contributed by atoms with E-state index < -0.39 is 11.1 Å². The highest BCUT2D eigenvalue weighted by Gasteiger charge is 2.34. The molecule has 0 spiro atoms. The number of rotatable bonds is 1. The first-order chi connectivity index (χ1) is 5.45.